The summed E-state index contributed by atoms with van der Waals surface area (Å²) in [6.07, 6.45) is 1.45. The number of hydrogen-bond donors (Lipinski definition) is 1. The lowest BCUT2D eigenvalue weighted by molar-refractivity contribution is -0.118. The number of hydrogen-bond acceptors (Lipinski definition) is 5. The molecular formula is C21H14ClNO5. The molecule has 6 nitrogen and oxygen atoms in total. The van der Waals surface area contributed by atoms with Gasteiger partial charge in [0.2, 0.25) is 16.9 Å². The Morgan fingerprint density at radius 2 is 1.89 bits per heavy atom. The lowest BCUT2D eigenvalue weighted by atomic mass is 10.2. The number of furan rings is 1. The number of benzene rings is 2. The maximum absolute atomic E-state index is 13.0. The highest BCUT2D eigenvalue weighted by Crippen LogP contribution is 2.32. The number of para-hydroxylation sites is 1. The molecule has 4 aromatic rings. The third-order valence-electron chi connectivity index (χ3n) is 3.96. The molecule has 1 N–H and O–H groups in total. The van der Waals surface area contributed by atoms with Crippen LogP contribution >= 0.6 is 11.6 Å². The van der Waals surface area contributed by atoms with Gasteiger partial charge in [-0.15, -0.1) is 0 Å². The fraction of sp³-hybridized carbons (Fsp3) is 0.0476. The van der Waals surface area contributed by atoms with Crippen LogP contribution in [-0.4, -0.2) is 12.5 Å². The number of anilines is 1. The van der Waals surface area contributed by atoms with E-state index in [-0.39, 0.29) is 23.5 Å². The minimum Gasteiger partial charge on any atom is -0.476 e. The van der Waals surface area contributed by atoms with Crippen molar-refractivity contribution in [2.75, 3.05) is 11.9 Å². The molecule has 1 amide bonds. The van der Waals surface area contributed by atoms with E-state index in [4.69, 9.17) is 25.2 Å². The largest absolute Gasteiger partial charge is 0.476 e. The first-order chi connectivity index (χ1) is 13.6. The van der Waals surface area contributed by atoms with Gasteiger partial charge < -0.3 is 18.9 Å². The third kappa shape index (κ3) is 3.63. The van der Waals surface area contributed by atoms with Gasteiger partial charge in [0, 0.05) is 10.7 Å². The second-order valence-corrected chi connectivity index (χ2v) is 6.35. The van der Waals surface area contributed by atoms with E-state index in [1.54, 1.807) is 48.5 Å². The predicted octanol–water partition coefficient (Wildman–Crippen LogP) is 4.72. The van der Waals surface area contributed by atoms with Crippen LogP contribution in [0.25, 0.3) is 22.5 Å². The molecule has 0 saturated carbocycles. The van der Waals surface area contributed by atoms with Crippen LogP contribution in [0.4, 0.5) is 5.69 Å². The van der Waals surface area contributed by atoms with Crippen LogP contribution in [0.15, 0.2) is 80.6 Å². The van der Waals surface area contributed by atoms with Crippen molar-refractivity contribution in [3.8, 4) is 17.3 Å². The van der Waals surface area contributed by atoms with E-state index >= 15 is 0 Å². The van der Waals surface area contributed by atoms with E-state index in [2.05, 4.69) is 5.32 Å². The Kier molecular flexibility index (Phi) is 4.87. The van der Waals surface area contributed by atoms with Gasteiger partial charge in [0.1, 0.15) is 5.58 Å². The first-order valence-corrected chi connectivity index (χ1v) is 8.77. The topological polar surface area (TPSA) is 81.7 Å². The van der Waals surface area contributed by atoms with E-state index in [9.17, 15) is 9.59 Å². The van der Waals surface area contributed by atoms with Crippen molar-refractivity contribution in [1.82, 2.24) is 0 Å². The average molecular weight is 396 g/mol. The van der Waals surface area contributed by atoms with Gasteiger partial charge in [-0.1, -0.05) is 29.8 Å². The number of carbonyl (C=O) groups is 1. The summed E-state index contributed by atoms with van der Waals surface area (Å²) in [5.41, 5.74) is 0.518. The molecule has 0 spiro atoms. The quantitative estimate of drug-likeness (QED) is 0.528. The fourth-order valence-corrected chi connectivity index (χ4v) is 2.88. The monoisotopic (exact) mass is 395 g/mol. The molecule has 0 atom stereocenters. The van der Waals surface area contributed by atoms with Crippen LogP contribution in [0, 0.1) is 0 Å². The van der Waals surface area contributed by atoms with Crippen LogP contribution in [-0.2, 0) is 4.79 Å². The van der Waals surface area contributed by atoms with Crippen molar-refractivity contribution in [1.29, 1.82) is 0 Å². The number of fused-ring (bicyclic) bond motifs is 1. The van der Waals surface area contributed by atoms with Crippen LogP contribution < -0.4 is 15.5 Å². The Labute approximate surface area is 164 Å². The molecule has 0 aliphatic heterocycles. The molecule has 0 aliphatic carbocycles. The Morgan fingerprint density at radius 1 is 1.07 bits per heavy atom. The highest BCUT2D eigenvalue weighted by molar-refractivity contribution is 6.31. The smallest absolute Gasteiger partial charge is 0.262 e. The molecule has 0 saturated heterocycles. The van der Waals surface area contributed by atoms with E-state index in [0.29, 0.717) is 22.1 Å². The van der Waals surface area contributed by atoms with Crippen LogP contribution in [0.1, 0.15) is 0 Å². The molecule has 0 radical (unpaired) electrons. The van der Waals surface area contributed by atoms with Crippen molar-refractivity contribution in [3.63, 3.8) is 0 Å². The number of carbonyl (C=O) groups excluding carboxylic acids is 1. The van der Waals surface area contributed by atoms with E-state index in [0.717, 1.165) is 0 Å². The van der Waals surface area contributed by atoms with Crippen molar-refractivity contribution in [2.45, 2.75) is 0 Å². The second-order valence-electron chi connectivity index (χ2n) is 5.91. The van der Waals surface area contributed by atoms with Gasteiger partial charge in [-0.05, 0) is 42.5 Å². The normalized spacial score (nSPS) is 10.8. The van der Waals surface area contributed by atoms with Crippen LogP contribution in [0.3, 0.4) is 0 Å². The van der Waals surface area contributed by atoms with E-state index in [1.165, 1.54) is 12.3 Å². The zero-order chi connectivity index (χ0) is 19.5. The van der Waals surface area contributed by atoms with Gasteiger partial charge in [-0.3, -0.25) is 9.59 Å². The molecule has 7 heteroatoms. The number of amides is 1. The van der Waals surface area contributed by atoms with Crippen LogP contribution in [0.2, 0.25) is 5.02 Å². The first kappa shape index (κ1) is 17.9. The lowest BCUT2D eigenvalue weighted by Crippen LogP contribution is -2.22. The highest BCUT2D eigenvalue weighted by atomic mass is 35.5. The first-order valence-electron chi connectivity index (χ1n) is 8.40. The summed E-state index contributed by atoms with van der Waals surface area (Å²) in [7, 11) is 0. The molecule has 140 valence electrons. The second kappa shape index (κ2) is 7.62. The average Bonchev–Trinajstić information content (AvgIpc) is 3.23. The SMILES string of the molecule is O=C(COc1c(-c2ccco2)oc2ccc(Cl)cc2c1=O)Nc1ccccc1. The summed E-state index contributed by atoms with van der Waals surface area (Å²) in [4.78, 5) is 25.1. The van der Waals surface area contributed by atoms with Crippen LogP contribution in [0.5, 0.6) is 5.75 Å². The Hall–Kier alpha value is -3.51. The summed E-state index contributed by atoms with van der Waals surface area (Å²) in [5, 5.41) is 3.33. The molecular weight excluding hydrogens is 382 g/mol. The molecule has 0 bridgehead atoms. The summed E-state index contributed by atoms with van der Waals surface area (Å²) in [5.74, 6) is -0.111. The predicted molar refractivity (Wildman–Crippen MR) is 106 cm³/mol. The lowest BCUT2D eigenvalue weighted by Gasteiger charge is -2.10. The standard InChI is InChI=1S/C21H14ClNO5/c22-13-8-9-16-15(11-13)19(25)21(20(28-16)17-7-4-10-26-17)27-12-18(24)23-14-5-2-1-3-6-14/h1-11H,12H2,(H,23,24). The molecule has 0 unspecified atom stereocenters. The number of halogens is 1. The number of rotatable bonds is 5. The maximum Gasteiger partial charge on any atom is 0.262 e. The third-order valence-corrected chi connectivity index (χ3v) is 4.20. The molecule has 28 heavy (non-hydrogen) atoms. The van der Waals surface area contributed by atoms with Gasteiger partial charge in [-0.2, -0.15) is 0 Å². The molecule has 2 heterocycles. The molecule has 4 rings (SSSR count). The van der Waals surface area contributed by atoms with Crippen molar-refractivity contribution in [3.05, 3.63) is 82.2 Å². The van der Waals surface area contributed by atoms with Crippen molar-refractivity contribution >= 4 is 34.2 Å². The summed E-state index contributed by atoms with van der Waals surface area (Å²) in [6, 6.07) is 16.9. The minimum atomic E-state index is -0.442. The summed E-state index contributed by atoms with van der Waals surface area (Å²) < 4.78 is 16.7. The van der Waals surface area contributed by atoms with Crippen molar-refractivity contribution < 1.29 is 18.4 Å². The van der Waals surface area contributed by atoms with E-state index in [1.807, 2.05) is 6.07 Å². The Balaban J connectivity index is 1.68. The number of ether oxygens (including phenoxy) is 1. The Morgan fingerprint density at radius 3 is 2.64 bits per heavy atom. The zero-order valence-corrected chi connectivity index (χ0v) is 15.2. The summed E-state index contributed by atoms with van der Waals surface area (Å²) >= 11 is 6.00. The molecule has 0 aliphatic rings. The Bertz CT molecular complexity index is 1180. The fourth-order valence-electron chi connectivity index (χ4n) is 2.71. The van der Waals surface area contributed by atoms with Crippen molar-refractivity contribution in [2.24, 2.45) is 0 Å². The molecule has 2 aromatic carbocycles. The number of nitrogens with one attached hydrogen (secondary N) is 1. The summed E-state index contributed by atoms with van der Waals surface area (Å²) in [6.45, 7) is -0.376. The maximum atomic E-state index is 13.0. The minimum absolute atomic E-state index is 0.109. The molecule has 2 aromatic heterocycles. The highest BCUT2D eigenvalue weighted by Gasteiger charge is 2.20. The van der Waals surface area contributed by atoms with Gasteiger partial charge in [0.25, 0.3) is 5.91 Å². The van der Waals surface area contributed by atoms with Gasteiger partial charge in [0.15, 0.2) is 12.4 Å². The van der Waals surface area contributed by atoms with Gasteiger partial charge >= 0.3 is 0 Å². The molecule has 0 fully saturated rings. The zero-order valence-electron chi connectivity index (χ0n) is 14.5. The van der Waals surface area contributed by atoms with Gasteiger partial charge in [0.05, 0.1) is 11.6 Å². The van der Waals surface area contributed by atoms with Gasteiger partial charge in [-0.25, -0.2) is 0 Å². The van der Waals surface area contributed by atoms with E-state index < -0.39 is 11.3 Å².